The van der Waals surface area contributed by atoms with Gasteiger partial charge in [-0.2, -0.15) is 0 Å². The van der Waals surface area contributed by atoms with Crippen LogP contribution < -0.4 is 10.6 Å². The minimum absolute atomic E-state index is 0.0830. The second-order valence-corrected chi connectivity index (χ2v) is 8.60. The van der Waals surface area contributed by atoms with E-state index in [0.717, 1.165) is 16.3 Å². The molecule has 0 bridgehead atoms. The number of rotatable bonds is 7. The van der Waals surface area contributed by atoms with Gasteiger partial charge in [-0.25, -0.2) is 0 Å². The van der Waals surface area contributed by atoms with Crippen molar-refractivity contribution in [2.75, 3.05) is 11.1 Å². The highest BCUT2D eigenvalue weighted by molar-refractivity contribution is 8.01. The van der Waals surface area contributed by atoms with E-state index in [-0.39, 0.29) is 17.6 Å². The van der Waals surface area contributed by atoms with Crippen molar-refractivity contribution in [3.63, 3.8) is 0 Å². The normalized spacial score (nSPS) is 10.7. The third-order valence-electron chi connectivity index (χ3n) is 4.32. The summed E-state index contributed by atoms with van der Waals surface area (Å²) in [7, 11) is 0. The minimum atomic E-state index is -0.236. The molecule has 4 aromatic rings. The molecule has 0 aliphatic rings. The highest BCUT2D eigenvalue weighted by Gasteiger charge is 2.14. The van der Waals surface area contributed by atoms with E-state index in [0.29, 0.717) is 21.6 Å². The molecular formula is C22H18N4O2S2. The number of thioether (sulfide) groups is 1. The van der Waals surface area contributed by atoms with Gasteiger partial charge in [0.25, 0.3) is 5.91 Å². The maximum absolute atomic E-state index is 12.7. The van der Waals surface area contributed by atoms with Crippen LogP contribution in [0.4, 0.5) is 5.13 Å². The van der Waals surface area contributed by atoms with Gasteiger partial charge in [0, 0.05) is 12.1 Å². The molecule has 4 rings (SSSR count). The average Bonchev–Trinajstić information content (AvgIpc) is 3.23. The lowest BCUT2D eigenvalue weighted by atomic mass is 10.0. The highest BCUT2D eigenvalue weighted by atomic mass is 32.2. The summed E-state index contributed by atoms with van der Waals surface area (Å²) < 4.78 is 0.623. The van der Waals surface area contributed by atoms with Crippen LogP contribution in [0.3, 0.4) is 0 Å². The van der Waals surface area contributed by atoms with Crippen LogP contribution in [0.15, 0.2) is 77.1 Å². The lowest BCUT2D eigenvalue weighted by Gasteiger charge is -2.05. The molecule has 3 aromatic carbocycles. The standard InChI is InChI=1S/C22H18N4O2S2/c27-19(23-13-15-7-2-1-3-8-15)14-29-22-26-25-21(30-22)24-20(28)18-12-6-10-16-9-4-5-11-17(16)18/h1-12H,13-14H2,(H,23,27)(H,24,25,28). The van der Waals surface area contributed by atoms with Gasteiger partial charge < -0.3 is 5.32 Å². The highest BCUT2D eigenvalue weighted by Crippen LogP contribution is 2.26. The van der Waals surface area contributed by atoms with Crippen LogP contribution in [-0.2, 0) is 11.3 Å². The first-order valence-electron chi connectivity index (χ1n) is 9.25. The van der Waals surface area contributed by atoms with Crippen molar-refractivity contribution in [2.24, 2.45) is 0 Å². The third kappa shape index (κ3) is 5.03. The summed E-state index contributed by atoms with van der Waals surface area (Å²) in [6.45, 7) is 0.489. The van der Waals surface area contributed by atoms with Gasteiger partial charge in [-0.15, -0.1) is 10.2 Å². The fourth-order valence-corrected chi connectivity index (χ4v) is 4.46. The summed E-state index contributed by atoms with van der Waals surface area (Å²) in [5, 5.41) is 16.0. The van der Waals surface area contributed by atoms with Crippen LogP contribution in [0, 0.1) is 0 Å². The monoisotopic (exact) mass is 434 g/mol. The van der Waals surface area contributed by atoms with E-state index in [2.05, 4.69) is 20.8 Å². The summed E-state index contributed by atoms with van der Waals surface area (Å²) in [6, 6.07) is 23.1. The zero-order valence-electron chi connectivity index (χ0n) is 15.9. The van der Waals surface area contributed by atoms with E-state index in [1.54, 1.807) is 6.07 Å². The Morgan fingerprint density at radius 2 is 1.67 bits per heavy atom. The molecule has 30 heavy (non-hydrogen) atoms. The molecule has 2 amide bonds. The smallest absolute Gasteiger partial charge is 0.258 e. The Bertz CT molecular complexity index is 1170. The fourth-order valence-electron chi connectivity index (χ4n) is 2.88. The molecule has 2 N–H and O–H groups in total. The van der Waals surface area contributed by atoms with Gasteiger partial charge in [0.1, 0.15) is 0 Å². The van der Waals surface area contributed by atoms with Gasteiger partial charge in [0.2, 0.25) is 11.0 Å². The van der Waals surface area contributed by atoms with Crippen molar-refractivity contribution < 1.29 is 9.59 Å². The van der Waals surface area contributed by atoms with Crippen LogP contribution in [-0.4, -0.2) is 27.8 Å². The topological polar surface area (TPSA) is 84.0 Å². The predicted octanol–water partition coefficient (Wildman–Crippen LogP) is 4.35. The fraction of sp³-hybridized carbons (Fsp3) is 0.0909. The number of amides is 2. The summed E-state index contributed by atoms with van der Waals surface area (Å²) >= 11 is 2.54. The number of hydrogen-bond donors (Lipinski definition) is 2. The van der Waals surface area contributed by atoms with Crippen molar-refractivity contribution in [2.45, 2.75) is 10.9 Å². The molecule has 0 radical (unpaired) electrons. The number of aromatic nitrogens is 2. The quantitative estimate of drug-likeness (QED) is 0.334. The lowest BCUT2D eigenvalue weighted by Crippen LogP contribution is -2.24. The largest absolute Gasteiger partial charge is 0.351 e. The number of carbonyl (C=O) groups excluding carboxylic acids is 2. The number of nitrogens with one attached hydrogen (secondary N) is 2. The molecule has 1 aromatic heterocycles. The number of anilines is 1. The molecule has 0 aliphatic carbocycles. The van der Waals surface area contributed by atoms with Crippen LogP contribution in [0.1, 0.15) is 15.9 Å². The van der Waals surface area contributed by atoms with Crippen molar-refractivity contribution in [1.29, 1.82) is 0 Å². The summed E-state index contributed by atoms with van der Waals surface area (Å²) in [5.74, 6) is -0.0841. The van der Waals surface area contributed by atoms with E-state index in [4.69, 9.17) is 0 Å². The SMILES string of the molecule is O=C(CSc1nnc(NC(=O)c2cccc3ccccc23)s1)NCc1ccccc1. The first-order valence-corrected chi connectivity index (χ1v) is 11.1. The zero-order chi connectivity index (χ0) is 20.8. The third-order valence-corrected chi connectivity index (χ3v) is 6.29. The molecule has 0 aliphatic heterocycles. The van der Waals surface area contributed by atoms with E-state index in [9.17, 15) is 9.59 Å². The molecule has 6 nitrogen and oxygen atoms in total. The second-order valence-electron chi connectivity index (χ2n) is 6.40. The van der Waals surface area contributed by atoms with Crippen LogP contribution in [0.5, 0.6) is 0 Å². The first-order chi connectivity index (χ1) is 14.7. The number of hydrogen-bond acceptors (Lipinski definition) is 6. The number of fused-ring (bicyclic) bond motifs is 1. The van der Waals surface area contributed by atoms with E-state index < -0.39 is 0 Å². The zero-order valence-corrected chi connectivity index (χ0v) is 17.5. The molecule has 0 atom stereocenters. The van der Waals surface area contributed by atoms with Gasteiger partial charge in [-0.05, 0) is 22.4 Å². The summed E-state index contributed by atoms with van der Waals surface area (Å²) in [5.41, 5.74) is 1.63. The van der Waals surface area contributed by atoms with Crippen LogP contribution in [0.2, 0.25) is 0 Å². The van der Waals surface area contributed by atoms with Gasteiger partial charge >= 0.3 is 0 Å². The summed E-state index contributed by atoms with van der Waals surface area (Å²) in [4.78, 5) is 24.7. The Balaban J connectivity index is 1.31. The number of benzene rings is 3. The van der Waals surface area contributed by atoms with Crippen molar-refractivity contribution >= 4 is 50.8 Å². The van der Waals surface area contributed by atoms with Gasteiger partial charge in [0.05, 0.1) is 5.75 Å². The Kier molecular flexibility index (Phi) is 6.36. The predicted molar refractivity (Wildman–Crippen MR) is 121 cm³/mol. The number of carbonyl (C=O) groups is 2. The first kappa shape index (κ1) is 20.1. The Morgan fingerprint density at radius 1 is 0.900 bits per heavy atom. The van der Waals surface area contributed by atoms with E-state index >= 15 is 0 Å². The van der Waals surface area contributed by atoms with Crippen molar-refractivity contribution in [3.8, 4) is 0 Å². The Labute approximate surface area is 181 Å². The van der Waals surface area contributed by atoms with E-state index in [1.165, 1.54) is 23.1 Å². The molecule has 0 unspecified atom stereocenters. The Hall–Kier alpha value is -3.23. The molecule has 1 heterocycles. The molecule has 0 saturated heterocycles. The maximum atomic E-state index is 12.7. The molecule has 0 fully saturated rings. The van der Waals surface area contributed by atoms with E-state index in [1.807, 2.05) is 66.7 Å². The summed E-state index contributed by atoms with van der Waals surface area (Å²) in [6.07, 6.45) is 0. The Morgan fingerprint density at radius 3 is 2.53 bits per heavy atom. The van der Waals surface area contributed by atoms with Gasteiger partial charge in [-0.1, -0.05) is 89.8 Å². The van der Waals surface area contributed by atoms with Crippen LogP contribution in [0.25, 0.3) is 10.8 Å². The maximum Gasteiger partial charge on any atom is 0.258 e. The minimum Gasteiger partial charge on any atom is -0.351 e. The second kappa shape index (κ2) is 9.51. The van der Waals surface area contributed by atoms with Crippen molar-refractivity contribution in [1.82, 2.24) is 15.5 Å². The molecule has 150 valence electrons. The van der Waals surface area contributed by atoms with Crippen LogP contribution >= 0.6 is 23.1 Å². The van der Waals surface area contributed by atoms with Crippen molar-refractivity contribution in [3.05, 3.63) is 83.9 Å². The van der Waals surface area contributed by atoms with Gasteiger partial charge in [0.15, 0.2) is 4.34 Å². The molecule has 0 saturated carbocycles. The molecular weight excluding hydrogens is 416 g/mol. The molecule has 8 heteroatoms. The van der Waals surface area contributed by atoms with Gasteiger partial charge in [-0.3, -0.25) is 14.9 Å². The average molecular weight is 435 g/mol. The number of nitrogens with zero attached hydrogens (tertiary/aromatic N) is 2. The lowest BCUT2D eigenvalue weighted by molar-refractivity contribution is -0.118. The molecule has 0 spiro atoms.